The maximum atomic E-state index is 9.51. The minimum absolute atomic E-state index is 0.0376. The molecule has 0 fully saturated rings. The quantitative estimate of drug-likeness (QED) is 0.860. The summed E-state index contributed by atoms with van der Waals surface area (Å²) in [6.07, 6.45) is 4.30. The third kappa shape index (κ3) is 2.30. The Labute approximate surface area is 106 Å². The predicted octanol–water partition coefficient (Wildman–Crippen LogP) is 2.51. The lowest BCUT2D eigenvalue weighted by molar-refractivity contribution is 0.276. The maximum Gasteiger partial charge on any atom is 0.195 e. The van der Waals surface area contributed by atoms with Crippen molar-refractivity contribution in [3.05, 3.63) is 17.3 Å². The third-order valence-electron chi connectivity index (χ3n) is 2.95. The van der Waals surface area contributed by atoms with Crippen molar-refractivity contribution >= 4 is 22.1 Å². The Morgan fingerprint density at radius 2 is 2.29 bits per heavy atom. The number of thiazole rings is 1. The van der Waals surface area contributed by atoms with Gasteiger partial charge in [-0.1, -0.05) is 13.3 Å². The van der Waals surface area contributed by atoms with E-state index in [1.807, 2.05) is 16.0 Å². The highest BCUT2D eigenvalue weighted by atomic mass is 32.1. The number of nitrogens with zero attached hydrogens (tertiary/aromatic N) is 3. The van der Waals surface area contributed by atoms with Crippen molar-refractivity contribution in [2.45, 2.75) is 33.3 Å². The topological polar surface area (TPSA) is 40.8 Å². The number of fused-ring (bicyclic) bond motifs is 1. The molecule has 0 amide bonds. The number of anilines is 1. The lowest BCUT2D eigenvalue weighted by Crippen LogP contribution is -2.25. The summed E-state index contributed by atoms with van der Waals surface area (Å²) in [6.45, 7) is 6.29. The largest absolute Gasteiger partial charge is 0.390 e. The number of aliphatic hydroxyl groups is 1. The fourth-order valence-corrected chi connectivity index (χ4v) is 2.71. The number of rotatable bonds is 6. The van der Waals surface area contributed by atoms with Crippen molar-refractivity contribution in [1.29, 1.82) is 0 Å². The third-order valence-corrected chi connectivity index (χ3v) is 3.71. The summed E-state index contributed by atoms with van der Waals surface area (Å²) >= 11 is 1.60. The van der Waals surface area contributed by atoms with Crippen LogP contribution in [-0.4, -0.2) is 27.6 Å². The van der Waals surface area contributed by atoms with Gasteiger partial charge in [0.1, 0.15) is 0 Å². The SMILES string of the molecule is CCCCN(CC)c1nc2sccn2c1CO. The second-order valence-electron chi connectivity index (χ2n) is 4.03. The first-order valence-corrected chi connectivity index (χ1v) is 7.00. The van der Waals surface area contributed by atoms with E-state index in [2.05, 4.69) is 23.7 Å². The van der Waals surface area contributed by atoms with E-state index in [4.69, 9.17) is 0 Å². The summed E-state index contributed by atoms with van der Waals surface area (Å²) < 4.78 is 1.98. The lowest BCUT2D eigenvalue weighted by atomic mass is 10.3. The molecule has 0 radical (unpaired) electrons. The molecule has 17 heavy (non-hydrogen) atoms. The van der Waals surface area contributed by atoms with Crippen LogP contribution in [0.25, 0.3) is 4.96 Å². The first-order chi connectivity index (χ1) is 8.31. The molecule has 0 aliphatic heterocycles. The normalized spacial score (nSPS) is 11.2. The van der Waals surface area contributed by atoms with Crippen LogP contribution in [0.2, 0.25) is 0 Å². The Kier molecular flexibility index (Phi) is 4.02. The molecule has 94 valence electrons. The fraction of sp³-hybridized carbons (Fsp3) is 0.583. The van der Waals surface area contributed by atoms with E-state index in [9.17, 15) is 5.11 Å². The van der Waals surface area contributed by atoms with E-state index in [1.54, 1.807) is 11.3 Å². The molecule has 2 heterocycles. The molecule has 0 aliphatic carbocycles. The predicted molar refractivity (Wildman–Crippen MR) is 71.8 cm³/mol. The summed E-state index contributed by atoms with van der Waals surface area (Å²) in [6, 6.07) is 0. The molecule has 0 atom stereocenters. The molecule has 5 heteroatoms. The standard InChI is InChI=1S/C12H19N3OS/c1-3-5-6-14(4-2)11-10(9-16)15-7-8-17-12(15)13-11/h7-8,16H,3-6,9H2,1-2H3. The zero-order chi connectivity index (χ0) is 12.3. The molecule has 0 unspecified atom stereocenters. The molecule has 2 aromatic heterocycles. The Hall–Kier alpha value is -1.07. The molecule has 0 saturated heterocycles. The van der Waals surface area contributed by atoms with Gasteiger partial charge in [-0.2, -0.15) is 0 Å². The Morgan fingerprint density at radius 3 is 2.94 bits per heavy atom. The molecule has 1 N–H and O–H groups in total. The van der Waals surface area contributed by atoms with Gasteiger partial charge in [0.15, 0.2) is 10.8 Å². The Morgan fingerprint density at radius 1 is 1.47 bits per heavy atom. The molecule has 4 nitrogen and oxygen atoms in total. The van der Waals surface area contributed by atoms with Crippen LogP contribution in [0.1, 0.15) is 32.4 Å². The summed E-state index contributed by atoms with van der Waals surface area (Å²) in [4.78, 5) is 7.82. The maximum absolute atomic E-state index is 9.51. The molecule has 0 saturated carbocycles. The molecule has 2 rings (SSSR count). The van der Waals surface area contributed by atoms with Crippen LogP contribution in [0.15, 0.2) is 11.6 Å². The lowest BCUT2D eigenvalue weighted by Gasteiger charge is -2.21. The molecule has 0 spiro atoms. The van der Waals surface area contributed by atoms with E-state index in [-0.39, 0.29) is 6.61 Å². The van der Waals surface area contributed by atoms with Crippen molar-refractivity contribution in [3.63, 3.8) is 0 Å². The van der Waals surface area contributed by atoms with Crippen molar-refractivity contribution in [2.24, 2.45) is 0 Å². The van der Waals surface area contributed by atoms with E-state index in [0.717, 1.165) is 36.0 Å². The fourth-order valence-electron chi connectivity index (χ4n) is 1.98. The molecule has 0 aromatic carbocycles. The first-order valence-electron chi connectivity index (χ1n) is 6.12. The highest BCUT2D eigenvalue weighted by Gasteiger charge is 2.16. The minimum Gasteiger partial charge on any atom is -0.390 e. The molecule has 0 aliphatic rings. The number of hydrogen-bond donors (Lipinski definition) is 1. The van der Waals surface area contributed by atoms with Crippen molar-refractivity contribution in [2.75, 3.05) is 18.0 Å². The van der Waals surface area contributed by atoms with E-state index >= 15 is 0 Å². The Balaban J connectivity index is 2.34. The molecular weight excluding hydrogens is 234 g/mol. The van der Waals surface area contributed by atoms with Gasteiger partial charge in [0.25, 0.3) is 0 Å². The highest BCUT2D eigenvalue weighted by Crippen LogP contribution is 2.24. The van der Waals surface area contributed by atoms with Gasteiger partial charge in [-0.05, 0) is 13.3 Å². The molecule has 0 bridgehead atoms. The van der Waals surface area contributed by atoms with Gasteiger partial charge in [-0.15, -0.1) is 11.3 Å². The van der Waals surface area contributed by atoms with Crippen LogP contribution in [0.4, 0.5) is 5.82 Å². The molecule has 2 aromatic rings. The summed E-state index contributed by atoms with van der Waals surface area (Å²) in [5.74, 6) is 0.940. The van der Waals surface area contributed by atoms with Crippen LogP contribution in [-0.2, 0) is 6.61 Å². The van der Waals surface area contributed by atoms with Gasteiger partial charge in [0, 0.05) is 24.7 Å². The average molecular weight is 253 g/mol. The van der Waals surface area contributed by atoms with E-state index < -0.39 is 0 Å². The number of aromatic nitrogens is 2. The minimum atomic E-state index is 0.0376. The summed E-state index contributed by atoms with van der Waals surface area (Å²) in [5.41, 5.74) is 0.902. The monoisotopic (exact) mass is 253 g/mol. The Bertz CT molecular complexity index is 477. The van der Waals surface area contributed by atoms with Crippen LogP contribution >= 0.6 is 11.3 Å². The van der Waals surface area contributed by atoms with Gasteiger partial charge in [-0.25, -0.2) is 4.98 Å². The number of imidazole rings is 1. The zero-order valence-corrected chi connectivity index (χ0v) is 11.2. The van der Waals surface area contributed by atoms with Crippen molar-refractivity contribution in [3.8, 4) is 0 Å². The highest BCUT2D eigenvalue weighted by molar-refractivity contribution is 7.15. The summed E-state index contributed by atoms with van der Waals surface area (Å²) in [7, 11) is 0. The number of unbranched alkanes of at least 4 members (excludes halogenated alkanes) is 1. The van der Waals surface area contributed by atoms with Gasteiger partial charge in [-0.3, -0.25) is 4.40 Å². The number of hydrogen-bond acceptors (Lipinski definition) is 4. The second-order valence-corrected chi connectivity index (χ2v) is 4.90. The van der Waals surface area contributed by atoms with Crippen LogP contribution < -0.4 is 4.90 Å². The number of aliphatic hydroxyl groups excluding tert-OH is 1. The average Bonchev–Trinajstić information content (AvgIpc) is 2.90. The zero-order valence-electron chi connectivity index (χ0n) is 10.4. The van der Waals surface area contributed by atoms with E-state index in [1.165, 1.54) is 6.42 Å². The van der Waals surface area contributed by atoms with E-state index in [0.29, 0.717) is 0 Å². The molecular formula is C12H19N3OS. The van der Waals surface area contributed by atoms with Gasteiger partial charge in [0.05, 0.1) is 12.3 Å². The van der Waals surface area contributed by atoms with Crippen LogP contribution in [0.3, 0.4) is 0 Å². The van der Waals surface area contributed by atoms with Gasteiger partial charge >= 0.3 is 0 Å². The smallest absolute Gasteiger partial charge is 0.195 e. The summed E-state index contributed by atoms with van der Waals surface area (Å²) in [5, 5.41) is 11.5. The van der Waals surface area contributed by atoms with Crippen LogP contribution in [0, 0.1) is 0 Å². The van der Waals surface area contributed by atoms with Gasteiger partial charge in [0.2, 0.25) is 0 Å². The second kappa shape index (κ2) is 5.51. The van der Waals surface area contributed by atoms with Crippen molar-refractivity contribution < 1.29 is 5.11 Å². The first kappa shape index (κ1) is 12.4. The van der Waals surface area contributed by atoms with Crippen LogP contribution in [0.5, 0.6) is 0 Å². The van der Waals surface area contributed by atoms with Gasteiger partial charge < -0.3 is 10.0 Å². The van der Waals surface area contributed by atoms with Crippen molar-refractivity contribution in [1.82, 2.24) is 9.38 Å².